The molecule has 0 aromatic carbocycles. The molecule has 0 aromatic rings. The van der Waals surface area contributed by atoms with Gasteiger partial charge in [0.15, 0.2) is 0 Å². The van der Waals surface area contributed by atoms with E-state index < -0.39 is 155 Å². The summed E-state index contributed by atoms with van der Waals surface area (Å²) in [5, 5.41) is 0. The van der Waals surface area contributed by atoms with Crippen molar-refractivity contribution in [3.05, 3.63) is 36.5 Å². The van der Waals surface area contributed by atoms with Crippen molar-refractivity contribution in [3.63, 3.8) is 0 Å². The SMILES string of the molecule is FC(F)(F)C1(C(F)(F)F)C2CC(C3C4C=CC(C4)C32)C1(F)F.FC(F)(F)C1(F)C2CC(C3C4C=CC(C4)C32)C1(F)C(F)(F)F.FC(F)(F)OC1(F)C2CC(C3C4C=CC(C4)C32)C1(F)F. The minimum atomic E-state index is -6.01. The van der Waals surface area contributed by atoms with Gasteiger partial charge in [0.05, 0.1) is 0 Å². The van der Waals surface area contributed by atoms with Crippen LogP contribution in [0.2, 0.25) is 0 Å². The summed E-state index contributed by atoms with van der Waals surface area (Å²) in [6.45, 7) is 0. The molecule has 0 N–H and O–H groups in total. The second kappa shape index (κ2) is 12.6. The van der Waals surface area contributed by atoms with Crippen molar-refractivity contribution >= 4 is 0 Å². The second-order valence-electron chi connectivity index (χ2n) is 20.3. The topological polar surface area (TPSA) is 9.23 Å². The molecule has 9 saturated carbocycles. The number of hydrogen-bond acceptors (Lipinski definition) is 1. The summed E-state index contributed by atoms with van der Waals surface area (Å²) < 4.78 is 301. The van der Waals surface area contributed by atoms with E-state index in [9.17, 15) is 96.6 Å². The van der Waals surface area contributed by atoms with Gasteiger partial charge in [-0.05, 0) is 115 Å². The second-order valence-corrected chi connectivity index (χ2v) is 20.3. The van der Waals surface area contributed by atoms with E-state index >= 15 is 0 Å². The van der Waals surface area contributed by atoms with Crippen LogP contribution in [-0.2, 0) is 4.74 Å². The van der Waals surface area contributed by atoms with Crippen molar-refractivity contribution in [1.29, 1.82) is 0 Å². The third-order valence-electron chi connectivity index (χ3n) is 18.5. The van der Waals surface area contributed by atoms with Crippen molar-refractivity contribution in [1.82, 2.24) is 0 Å². The molecule has 21 atom stereocenters. The van der Waals surface area contributed by atoms with Gasteiger partial charge >= 0.3 is 37.0 Å². The van der Waals surface area contributed by atoms with Gasteiger partial charge in [0.25, 0.3) is 23.1 Å². The van der Waals surface area contributed by atoms with E-state index in [-0.39, 0.29) is 36.0 Å². The number of allylic oxidation sites excluding steroid dienone is 6. The van der Waals surface area contributed by atoms with E-state index in [0.717, 1.165) is 0 Å². The number of ether oxygens (including phenoxy) is 1. The van der Waals surface area contributed by atoms with Gasteiger partial charge in [-0.3, -0.25) is 0 Å². The third kappa shape index (κ3) is 5.04. The Morgan fingerprint density at radius 1 is 0.328 bits per heavy atom. The number of hydrogen-bond donors (Lipinski definition) is 0. The lowest BCUT2D eigenvalue weighted by atomic mass is 9.59. The van der Waals surface area contributed by atoms with Crippen LogP contribution < -0.4 is 0 Å². The van der Waals surface area contributed by atoms with E-state index in [1.807, 2.05) is 12.2 Å². The van der Waals surface area contributed by atoms with Gasteiger partial charge in [0.1, 0.15) is 0 Å². The lowest BCUT2D eigenvalue weighted by Gasteiger charge is -2.50. The molecule has 12 rings (SSSR count). The van der Waals surface area contributed by atoms with E-state index in [4.69, 9.17) is 0 Å². The van der Waals surface area contributed by atoms with Crippen LogP contribution in [0.3, 0.4) is 0 Å². The summed E-state index contributed by atoms with van der Waals surface area (Å²) in [5.41, 5.74) is -14.6. The molecule has 0 amide bonds. The van der Waals surface area contributed by atoms with Gasteiger partial charge in [0, 0.05) is 29.6 Å². The van der Waals surface area contributed by atoms with E-state index in [2.05, 4.69) is 4.74 Å². The highest BCUT2D eigenvalue weighted by Gasteiger charge is 2.95. The van der Waals surface area contributed by atoms with Gasteiger partial charge in [-0.25, -0.2) is 26.7 Å². The molecular weight excluding hydrogens is 926 g/mol. The molecular formula is C41H36F22O. The first-order valence-corrected chi connectivity index (χ1v) is 20.9. The van der Waals surface area contributed by atoms with Crippen LogP contribution in [0.5, 0.6) is 0 Å². The first-order chi connectivity index (χ1) is 29.0. The van der Waals surface area contributed by atoms with E-state index in [1.54, 1.807) is 24.3 Å². The van der Waals surface area contributed by atoms with Crippen LogP contribution in [-0.4, -0.2) is 60.1 Å². The van der Waals surface area contributed by atoms with Gasteiger partial charge in [-0.15, -0.1) is 13.2 Å². The average Bonchev–Trinajstić information content (AvgIpc) is 3.98. The summed E-state index contributed by atoms with van der Waals surface area (Å²) in [7, 11) is 0. The standard InChI is InChI=1S/2C14H12F8.C13H12F6O/c15-11(13(17,18)19)7-4-8(12(11,16)14(20,21)22)10-6-2-1-5(3-6)9(7)10;15-12(16)8-4-7(9-5-1-2-6(3-5)10(8)9)11(12,13(17,18)19)14(20,21)22;14-11(15)7-4-8(12(11,16)20-13(17,18)19)10-6-2-1-5(3-6)9(7)10/h2*1-2,5-10H,3-4H2;1-2,5-10H,3-4H2. The van der Waals surface area contributed by atoms with E-state index in [0.29, 0.717) is 19.3 Å². The zero-order chi connectivity index (χ0) is 47.1. The van der Waals surface area contributed by atoms with Gasteiger partial charge < -0.3 is 0 Å². The van der Waals surface area contributed by atoms with Crippen LogP contribution in [0.25, 0.3) is 0 Å². The number of rotatable bonds is 1. The molecule has 1 nitrogen and oxygen atoms in total. The van der Waals surface area contributed by atoms with Gasteiger partial charge in [-0.2, -0.15) is 61.5 Å². The van der Waals surface area contributed by atoms with Gasteiger partial charge in [0.2, 0.25) is 5.41 Å². The molecule has 9 fully saturated rings. The fourth-order valence-corrected chi connectivity index (χ4v) is 17.0. The van der Waals surface area contributed by atoms with Crippen LogP contribution in [0.15, 0.2) is 36.5 Å². The monoisotopic (exact) mass is 962 g/mol. The Balaban J connectivity index is 0.000000114. The molecule has 21 unspecified atom stereocenters. The molecule has 12 aliphatic rings. The van der Waals surface area contributed by atoms with Crippen molar-refractivity contribution < 1.29 is 101 Å². The lowest BCUT2D eigenvalue weighted by molar-refractivity contribution is -0.443. The zero-order valence-corrected chi connectivity index (χ0v) is 32.3. The number of halogens is 22. The summed E-state index contributed by atoms with van der Waals surface area (Å²) >= 11 is 0. The summed E-state index contributed by atoms with van der Waals surface area (Å²) in [5.74, 6) is -29.0. The molecule has 0 aliphatic heterocycles. The maximum atomic E-state index is 14.8. The summed E-state index contributed by atoms with van der Waals surface area (Å²) in [6, 6.07) is 0. The Kier molecular flexibility index (Phi) is 8.97. The van der Waals surface area contributed by atoms with Crippen molar-refractivity contribution in [2.24, 2.45) is 112 Å². The van der Waals surface area contributed by atoms with Crippen LogP contribution in [0, 0.1) is 112 Å². The molecule has 0 saturated heterocycles. The maximum absolute atomic E-state index is 14.8. The smallest absolute Gasteiger partial charge is 0.247 e. The largest absolute Gasteiger partial charge is 0.525 e. The Labute approximate surface area is 348 Å². The fourth-order valence-electron chi connectivity index (χ4n) is 17.0. The molecule has 0 aromatic heterocycles. The first kappa shape index (κ1) is 45.4. The normalized spacial score (nSPS) is 52.6. The van der Waals surface area contributed by atoms with Crippen LogP contribution in [0.1, 0.15) is 38.5 Å². The van der Waals surface area contributed by atoms with Crippen molar-refractivity contribution in [2.45, 2.75) is 98.6 Å². The van der Waals surface area contributed by atoms with Crippen LogP contribution >= 0.6 is 0 Å². The highest BCUT2D eigenvalue weighted by molar-refractivity contribution is 5.34. The lowest BCUT2D eigenvalue weighted by Crippen LogP contribution is -2.70. The molecule has 0 heterocycles. The molecule has 64 heavy (non-hydrogen) atoms. The summed E-state index contributed by atoms with van der Waals surface area (Å²) in [6.07, 6.45) is -19.0. The van der Waals surface area contributed by atoms with Gasteiger partial charge in [-0.1, -0.05) is 36.5 Å². The van der Waals surface area contributed by atoms with Crippen molar-refractivity contribution in [3.8, 4) is 0 Å². The third-order valence-corrected chi connectivity index (χ3v) is 18.5. The minimum absolute atomic E-state index is 0.0405. The van der Waals surface area contributed by atoms with E-state index in [1.165, 1.54) is 0 Å². The summed E-state index contributed by atoms with van der Waals surface area (Å²) in [4.78, 5) is 0. The predicted molar refractivity (Wildman–Crippen MR) is 173 cm³/mol. The average molecular weight is 963 g/mol. The molecule has 12 aliphatic carbocycles. The Hall–Kier alpha value is -2.36. The minimum Gasteiger partial charge on any atom is -0.247 e. The fraction of sp³-hybridized carbons (Fsp3) is 0.854. The highest BCUT2D eigenvalue weighted by Crippen LogP contribution is 2.82. The molecule has 0 radical (unpaired) electrons. The molecule has 12 bridgehead atoms. The predicted octanol–water partition coefficient (Wildman–Crippen LogP) is 13.3. The first-order valence-electron chi connectivity index (χ1n) is 20.9. The Bertz CT molecular complexity index is 1970. The number of fused-ring (bicyclic) bond motifs is 27. The Morgan fingerprint density at radius 2 is 0.609 bits per heavy atom. The molecule has 23 heteroatoms. The number of alkyl halides is 22. The molecule has 360 valence electrons. The molecule has 0 spiro atoms. The van der Waals surface area contributed by atoms with Crippen molar-refractivity contribution in [2.75, 3.05) is 0 Å². The highest BCUT2D eigenvalue weighted by atomic mass is 19.4. The maximum Gasteiger partial charge on any atom is 0.525 e. The zero-order valence-electron chi connectivity index (χ0n) is 32.3. The van der Waals surface area contributed by atoms with Crippen LogP contribution in [0.4, 0.5) is 96.6 Å². The quantitative estimate of drug-likeness (QED) is 0.145. The Morgan fingerprint density at radius 3 is 0.938 bits per heavy atom.